The topological polar surface area (TPSA) is 189 Å². The average Bonchev–Trinajstić information content (AvgIpc) is 3.96. The molecule has 4 fully saturated rings. The van der Waals surface area contributed by atoms with Crippen molar-refractivity contribution in [3.8, 4) is 11.1 Å². The van der Waals surface area contributed by atoms with Gasteiger partial charge < -0.3 is 42.5 Å². The van der Waals surface area contributed by atoms with Crippen LogP contribution in [0.15, 0.2) is 65.9 Å². The molecule has 3 saturated carbocycles. The Kier molecular flexibility index (Phi) is 8.51. The number of aromatic nitrogens is 3. The van der Waals surface area contributed by atoms with Gasteiger partial charge in [0, 0.05) is 61.0 Å². The van der Waals surface area contributed by atoms with Gasteiger partial charge in [-0.25, -0.2) is 4.98 Å². The molecule has 0 spiro atoms. The summed E-state index contributed by atoms with van der Waals surface area (Å²) in [5.41, 5.74) is 18.2. The predicted octanol–water partition coefficient (Wildman–Crippen LogP) is 0.978. The number of anilines is 2. The second kappa shape index (κ2) is 13.1. The van der Waals surface area contributed by atoms with E-state index < -0.39 is 11.2 Å². The van der Waals surface area contributed by atoms with Crippen LogP contribution in [0.25, 0.3) is 11.1 Å². The van der Waals surface area contributed by atoms with E-state index in [0.29, 0.717) is 36.7 Å². The molecule has 0 unspecified atom stereocenters. The number of carbonyl (C=O) groups excluding carboxylic acids is 3. The van der Waals surface area contributed by atoms with Gasteiger partial charge in [0.05, 0.1) is 57.2 Å². The number of para-hydroxylation sites is 1. The second-order valence-corrected chi connectivity index (χ2v) is 14.6. The Hall–Kier alpha value is -5.24. The molecule has 1 saturated heterocycles. The number of pyridine rings is 1. The van der Waals surface area contributed by atoms with Crippen molar-refractivity contribution in [2.24, 2.45) is 17.4 Å². The van der Waals surface area contributed by atoms with Crippen LogP contribution >= 0.6 is 0 Å². The number of nitrogens with two attached hydrogens (primary N) is 2. The van der Waals surface area contributed by atoms with Crippen molar-refractivity contribution >= 4 is 44.8 Å². The lowest BCUT2D eigenvalue weighted by atomic mass is 9.57. The number of likely N-dealkylation sites (tertiary alicyclic amines) is 1. The molecular weight excluding hydrogens is 656 g/mol. The maximum Gasteiger partial charge on any atom is 0.270 e. The molecule has 8 N–H and O–H groups in total. The first-order valence-electron chi connectivity index (χ1n) is 17.8. The molecule has 3 amide bonds. The average molecular weight is 697 g/mol. The van der Waals surface area contributed by atoms with E-state index in [1.807, 2.05) is 41.0 Å². The normalized spacial score (nSPS) is 19.5. The smallest absolute Gasteiger partial charge is 0.270 e. The third-order valence-electron chi connectivity index (χ3n) is 10.3. The zero-order chi connectivity index (χ0) is 36.3. The molecule has 0 atom stereocenters. The van der Waals surface area contributed by atoms with Crippen LogP contribution in [0.4, 0.5) is 11.4 Å². The van der Waals surface area contributed by atoms with Gasteiger partial charge in [0.1, 0.15) is 17.2 Å². The number of benzene rings is 1. The van der Waals surface area contributed by atoms with Crippen LogP contribution in [0.5, 0.6) is 0 Å². The Bertz CT molecular complexity index is 2010. The Balaban J connectivity index is 1.02. The molecule has 14 nitrogen and oxygen atoms in total. The van der Waals surface area contributed by atoms with Crippen LogP contribution in [-0.2, 0) is 21.5 Å². The number of hydrogen-bond acceptors (Lipinski definition) is 10. The number of amides is 3. The first kappa shape index (κ1) is 33.9. The Morgan fingerprint density at radius 2 is 1.65 bits per heavy atom. The number of allylic oxidation sites excluding steroid dienone is 1. The molecule has 3 aliphatic carbocycles. The van der Waals surface area contributed by atoms with Crippen molar-refractivity contribution < 1.29 is 14.4 Å². The van der Waals surface area contributed by atoms with E-state index in [1.54, 1.807) is 18.2 Å². The zero-order valence-electron chi connectivity index (χ0n) is 29.1. The minimum atomic E-state index is -1.37. The van der Waals surface area contributed by atoms with Crippen molar-refractivity contribution in [1.82, 2.24) is 35.6 Å². The van der Waals surface area contributed by atoms with Crippen LogP contribution in [0.1, 0.15) is 66.4 Å². The predicted molar refractivity (Wildman–Crippen MR) is 197 cm³/mol. The SMILES string of the molecule is [B]C([B])(c1cccc(C(=O)NC2CC2)n1)N1CC(n2ncc3c2CN(C)c2c(NC(/C=C(\N)NC(=O)C4CC4)=C(/N)C(=O)NC4CC4)cccc2-3)C1. The van der Waals surface area contributed by atoms with Gasteiger partial charge in [-0.05, 0) is 62.1 Å². The lowest BCUT2D eigenvalue weighted by Crippen LogP contribution is -2.60. The summed E-state index contributed by atoms with van der Waals surface area (Å²) in [5, 5.41) is 15.4. The van der Waals surface area contributed by atoms with Gasteiger partial charge in [0.2, 0.25) is 5.91 Å². The summed E-state index contributed by atoms with van der Waals surface area (Å²) in [6, 6.07) is 11.4. The summed E-state index contributed by atoms with van der Waals surface area (Å²) >= 11 is 0. The van der Waals surface area contributed by atoms with E-state index in [1.165, 1.54) is 6.08 Å². The molecule has 264 valence electrons. The van der Waals surface area contributed by atoms with Gasteiger partial charge in [-0.15, -0.1) is 0 Å². The minimum Gasteiger partial charge on any atom is -0.393 e. The maximum atomic E-state index is 13.1. The largest absolute Gasteiger partial charge is 0.393 e. The van der Waals surface area contributed by atoms with Gasteiger partial charge in [-0.2, -0.15) is 5.10 Å². The van der Waals surface area contributed by atoms with Crippen molar-refractivity contribution in [1.29, 1.82) is 0 Å². The van der Waals surface area contributed by atoms with Gasteiger partial charge in [0.25, 0.3) is 11.8 Å². The van der Waals surface area contributed by atoms with E-state index in [-0.39, 0.29) is 53.1 Å². The van der Waals surface area contributed by atoms with E-state index in [9.17, 15) is 14.4 Å². The van der Waals surface area contributed by atoms with Gasteiger partial charge in [-0.1, -0.05) is 18.2 Å². The van der Waals surface area contributed by atoms with E-state index in [2.05, 4.69) is 31.2 Å². The van der Waals surface area contributed by atoms with E-state index in [0.717, 1.165) is 61.0 Å². The number of nitrogens with one attached hydrogen (secondary N) is 4. The highest BCUT2D eigenvalue weighted by Gasteiger charge is 2.41. The number of carbonyl (C=O) groups is 3. The highest BCUT2D eigenvalue weighted by Crippen LogP contribution is 2.45. The minimum absolute atomic E-state index is 0.0195. The molecule has 5 aliphatic rings. The lowest BCUT2D eigenvalue weighted by molar-refractivity contribution is -0.121. The number of fused-ring (bicyclic) bond motifs is 3. The molecule has 3 aromatic rings. The third-order valence-corrected chi connectivity index (χ3v) is 10.3. The van der Waals surface area contributed by atoms with E-state index >= 15 is 0 Å². The van der Waals surface area contributed by atoms with Gasteiger partial charge in [-0.3, -0.25) is 19.1 Å². The fourth-order valence-corrected chi connectivity index (χ4v) is 6.73. The molecule has 4 radical (unpaired) electrons. The number of hydrogen-bond donors (Lipinski definition) is 6. The molecule has 16 heteroatoms. The Labute approximate surface area is 304 Å². The van der Waals surface area contributed by atoms with Crippen LogP contribution < -0.4 is 37.6 Å². The maximum absolute atomic E-state index is 13.1. The first-order valence-corrected chi connectivity index (χ1v) is 17.8. The Morgan fingerprint density at radius 1 is 0.942 bits per heavy atom. The molecule has 2 aromatic heterocycles. The van der Waals surface area contributed by atoms with Crippen LogP contribution in [0, 0.1) is 5.92 Å². The van der Waals surface area contributed by atoms with Crippen molar-refractivity contribution in [2.45, 2.75) is 68.5 Å². The monoisotopic (exact) mass is 697 g/mol. The highest BCUT2D eigenvalue weighted by molar-refractivity contribution is 6.39. The first-order chi connectivity index (χ1) is 25.0. The summed E-state index contributed by atoms with van der Waals surface area (Å²) in [7, 11) is 15.3. The summed E-state index contributed by atoms with van der Waals surface area (Å²) in [5.74, 6) is -0.711. The molecule has 8 rings (SSSR count). The highest BCUT2D eigenvalue weighted by atomic mass is 16.2. The molecular formula is C36H41B2N11O3. The van der Waals surface area contributed by atoms with Gasteiger partial charge in [0.15, 0.2) is 0 Å². The van der Waals surface area contributed by atoms with Crippen molar-refractivity contribution in [2.75, 3.05) is 30.4 Å². The lowest BCUT2D eigenvalue weighted by Gasteiger charge is -2.50. The summed E-state index contributed by atoms with van der Waals surface area (Å²) in [6.07, 6.45) is 8.83. The van der Waals surface area contributed by atoms with Crippen LogP contribution in [0.3, 0.4) is 0 Å². The Morgan fingerprint density at radius 3 is 2.37 bits per heavy atom. The van der Waals surface area contributed by atoms with Gasteiger partial charge >= 0.3 is 0 Å². The fraction of sp³-hybridized carbons (Fsp3) is 0.417. The molecule has 52 heavy (non-hydrogen) atoms. The van der Waals surface area contributed by atoms with Crippen LogP contribution in [0.2, 0.25) is 0 Å². The van der Waals surface area contributed by atoms with Crippen LogP contribution in [-0.4, -0.2) is 85.3 Å². The van der Waals surface area contributed by atoms with Crippen molar-refractivity contribution in [3.05, 3.63) is 83.0 Å². The molecule has 4 heterocycles. The molecule has 0 bridgehead atoms. The molecule has 1 aromatic carbocycles. The quantitative estimate of drug-likeness (QED) is 0.0905. The van der Waals surface area contributed by atoms with E-state index in [4.69, 9.17) is 32.3 Å². The molecule has 2 aliphatic heterocycles. The fourth-order valence-electron chi connectivity index (χ4n) is 6.73. The number of nitrogens with zero attached hydrogens (tertiary/aromatic N) is 5. The summed E-state index contributed by atoms with van der Waals surface area (Å²) in [4.78, 5) is 46.7. The summed E-state index contributed by atoms with van der Waals surface area (Å²) in [6.45, 7) is 1.64. The standard InChI is InChI=1S/C36H41B2N11O3/c1-47-18-28-24(15-41-49(28)22-16-48(17-22)36(37,38)29-7-3-6-26(45-29)34(51)42-20-10-11-20)23-4-2-5-25(32(23)47)44-27(31(40)35(52)43-21-12-13-21)14-30(39)46-33(50)19-8-9-19/h2-7,14-15,19-22,44H,8-13,16-18,39-40H2,1H3,(H,42,51)(H,43,52)(H,46,50)/b30-14+,31-27+. The summed E-state index contributed by atoms with van der Waals surface area (Å²) < 4.78 is 2.03. The van der Waals surface area contributed by atoms with Crippen molar-refractivity contribution in [3.63, 3.8) is 0 Å². The zero-order valence-corrected chi connectivity index (χ0v) is 29.1. The number of rotatable bonds is 12. The second-order valence-electron chi connectivity index (χ2n) is 14.6. The third kappa shape index (κ3) is 6.74.